The molecule has 1 aliphatic rings. The lowest BCUT2D eigenvalue weighted by atomic mass is 9.90. The van der Waals surface area contributed by atoms with E-state index in [1.54, 1.807) is 0 Å². The second kappa shape index (κ2) is 6.17. The highest BCUT2D eigenvalue weighted by Crippen LogP contribution is 2.28. The Morgan fingerprint density at radius 2 is 2.47 bits per heavy atom. The van der Waals surface area contributed by atoms with Crippen molar-refractivity contribution in [3.63, 3.8) is 0 Å². The minimum Gasteiger partial charge on any atom is -0.381 e. The molecule has 2 unspecified atom stereocenters. The minimum absolute atomic E-state index is 0.389. The maximum absolute atomic E-state index is 5.60. The van der Waals surface area contributed by atoms with Crippen LogP contribution in [0, 0.1) is 5.92 Å². The van der Waals surface area contributed by atoms with Crippen LogP contribution in [0.1, 0.15) is 38.3 Å². The van der Waals surface area contributed by atoms with Gasteiger partial charge in [-0.2, -0.15) is 5.10 Å². The summed E-state index contributed by atoms with van der Waals surface area (Å²) in [5.74, 6) is 0.582. The molecule has 2 heterocycles. The molecule has 1 saturated heterocycles. The van der Waals surface area contributed by atoms with E-state index in [4.69, 9.17) is 4.74 Å². The third-order valence-electron chi connectivity index (χ3n) is 3.43. The standard InChI is InChI=1S/C13H23N3O/c1-3-14-13(11-6-5-7-17-10-11)12-8-15-16(4-2)9-12/h8-9,11,13-14H,3-7,10H2,1-2H3. The molecule has 1 aromatic rings. The van der Waals surface area contributed by atoms with Crippen LogP contribution in [0.15, 0.2) is 12.4 Å². The van der Waals surface area contributed by atoms with Gasteiger partial charge in [-0.15, -0.1) is 0 Å². The Kier molecular flexibility index (Phi) is 4.57. The zero-order valence-electron chi connectivity index (χ0n) is 10.9. The quantitative estimate of drug-likeness (QED) is 0.851. The number of aryl methyl sites for hydroxylation is 1. The Bertz CT molecular complexity index is 331. The zero-order chi connectivity index (χ0) is 12.1. The summed E-state index contributed by atoms with van der Waals surface area (Å²) in [7, 11) is 0. The first-order valence-corrected chi connectivity index (χ1v) is 6.68. The molecule has 2 rings (SSSR count). The molecule has 1 aliphatic heterocycles. The van der Waals surface area contributed by atoms with Crippen molar-refractivity contribution in [2.24, 2.45) is 5.92 Å². The Morgan fingerprint density at radius 3 is 3.06 bits per heavy atom. The molecule has 0 amide bonds. The van der Waals surface area contributed by atoms with Gasteiger partial charge < -0.3 is 10.1 Å². The van der Waals surface area contributed by atoms with Crippen LogP contribution >= 0.6 is 0 Å². The van der Waals surface area contributed by atoms with Crippen LogP contribution in [0.25, 0.3) is 0 Å². The van der Waals surface area contributed by atoms with E-state index in [0.717, 1.165) is 26.3 Å². The number of aromatic nitrogens is 2. The number of rotatable bonds is 5. The lowest BCUT2D eigenvalue weighted by molar-refractivity contribution is 0.0392. The largest absolute Gasteiger partial charge is 0.381 e. The average molecular weight is 237 g/mol. The fraction of sp³-hybridized carbons (Fsp3) is 0.769. The van der Waals surface area contributed by atoms with Gasteiger partial charge in [0.1, 0.15) is 0 Å². The summed E-state index contributed by atoms with van der Waals surface area (Å²) in [6.07, 6.45) is 6.57. The van der Waals surface area contributed by atoms with E-state index < -0.39 is 0 Å². The topological polar surface area (TPSA) is 39.1 Å². The number of hydrogen-bond acceptors (Lipinski definition) is 3. The highest BCUT2D eigenvalue weighted by molar-refractivity contribution is 5.12. The molecule has 0 radical (unpaired) electrons. The van der Waals surface area contributed by atoms with Crippen LogP contribution in [0.3, 0.4) is 0 Å². The third-order valence-corrected chi connectivity index (χ3v) is 3.43. The van der Waals surface area contributed by atoms with E-state index >= 15 is 0 Å². The van der Waals surface area contributed by atoms with Gasteiger partial charge in [-0.3, -0.25) is 4.68 Å². The molecule has 0 spiro atoms. The molecule has 0 aromatic carbocycles. The van der Waals surface area contributed by atoms with Crippen molar-refractivity contribution in [3.05, 3.63) is 18.0 Å². The van der Waals surface area contributed by atoms with E-state index in [1.165, 1.54) is 18.4 Å². The highest BCUT2D eigenvalue weighted by atomic mass is 16.5. The number of nitrogens with one attached hydrogen (secondary N) is 1. The lowest BCUT2D eigenvalue weighted by Gasteiger charge is -2.30. The van der Waals surface area contributed by atoms with Crippen LogP contribution in [0.4, 0.5) is 0 Å². The molecule has 96 valence electrons. The smallest absolute Gasteiger partial charge is 0.0537 e. The third kappa shape index (κ3) is 3.07. The van der Waals surface area contributed by atoms with Crippen molar-refractivity contribution in [3.8, 4) is 0 Å². The fourth-order valence-corrected chi connectivity index (χ4v) is 2.52. The molecule has 0 saturated carbocycles. The average Bonchev–Trinajstić information content (AvgIpc) is 2.85. The first-order valence-electron chi connectivity index (χ1n) is 6.68. The maximum Gasteiger partial charge on any atom is 0.0537 e. The predicted octanol–water partition coefficient (Wildman–Crippen LogP) is 1.98. The van der Waals surface area contributed by atoms with E-state index in [2.05, 4.69) is 30.5 Å². The molecule has 1 fully saturated rings. The van der Waals surface area contributed by atoms with Crippen molar-refractivity contribution in [1.82, 2.24) is 15.1 Å². The summed E-state index contributed by atoms with van der Waals surface area (Å²) in [5.41, 5.74) is 1.30. The normalized spacial score (nSPS) is 22.6. The van der Waals surface area contributed by atoms with Crippen LogP contribution < -0.4 is 5.32 Å². The van der Waals surface area contributed by atoms with Gasteiger partial charge in [0, 0.05) is 36.9 Å². The van der Waals surface area contributed by atoms with Gasteiger partial charge >= 0.3 is 0 Å². The van der Waals surface area contributed by atoms with Gasteiger partial charge in [0.25, 0.3) is 0 Å². The highest BCUT2D eigenvalue weighted by Gasteiger charge is 2.25. The van der Waals surface area contributed by atoms with Gasteiger partial charge in [-0.05, 0) is 26.3 Å². The van der Waals surface area contributed by atoms with Crippen LogP contribution in [0.2, 0.25) is 0 Å². The number of nitrogens with zero attached hydrogens (tertiary/aromatic N) is 2. The zero-order valence-corrected chi connectivity index (χ0v) is 10.9. The van der Waals surface area contributed by atoms with Gasteiger partial charge in [0.2, 0.25) is 0 Å². The minimum atomic E-state index is 0.389. The SMILES string of the molecule is CCNC(c1cnn(CC)c1)C1CCCOC1. The monoisotopic (exact) mass is 237 g/mol. The first-order chi connectivity index (χ1) is 8.35. The molecule has 4 heteroatoms. The molecule has 4 nitrogen and oxygen atoms in total. The fourth-order valence-electron chi connectivity index (χ4n) is 2.52. The summed E-state index contributed by atoms with van der Waals surface area (Å²) in [4.78, 5) is 0. The van der Waals surface area contributed by atoms with Crippen molar-refractivity contribution >= 4 is 0 Å². The van der Waals surface area contributed by atoms with Gasteiger partial charge in [0.15, 0.2) is 0 Å². The maximum atomic E-state index is 5.60. The second-order valence-corrected chi connectivity index (χ2v) is 4.64. The van der Waals surface area contributed by atoms with Crippen molar-refractivity contribution in [2.75, 3.05) is 19.8 Å². The van der Waals surface area contributed by atoms with Crippen LogP contribution in [-0.4, -0.2) is 29.5 Å². The van der Waals surface area contributed by atoms with Gasteiger partial charge in [-0.25, -0.2) is 0 Å². The molecule has 1 N–H and O–H groups in total. The summed E-state index contributed by atoms with van der Waals surface area (Å²) < 4.78 is 7.59. The Balaban J connectivity index is 2.09. The summed E-state index contributed by atoms with van der Waals surface area (Å²) in [5, 5.41) is 7.94. The summed E-state index contributed by atoms with van der Waals surface area (Å²) >= 11 is 0. The van der Waals surface area contributed by atoms with E-state index in [-0.39, 0.29) is 0 Å². The van der Waals surface area contributed by atoms with Gasteiger partial charge in [-0.1, -0.05) is 6.92 Å². The molecule has 0 aliphatic carbocycles. The van der Waals surface area contributed by atoms with Crippen molar-refractivity contribution < 1.29 is 4.74 Å². The Labute approximate surface area is 103 Å². The summed E-state index contributed by atoms with van der Waals surface area (Å²) in [6.45, 7) is 7.97. The number of ether oxygens (including phenoxy) is 1. The van der Waals surface area contributed by atoms with Crippen LogP contribution in [-0.2, 0) is 11.3 Å². The van der Waals surface area contributed by atoms with Crippen molar-refractivity contribution in [2.45, 2.75) is 39.3 Å². The first kappa shape index (κ1) is 12.6. The van der Waals surface area contributed by atoms with Crippen molar-refractivity contribution in [1.29, 1.82) is 0 Å². The molecule has 1 aromatic heterocycles. The summed E-state index contributed by atoms with van der Waals surface area (Å²) in [6, 6.07) is 0.389. The molecule has 2 atom stereocenters. The molecule has 17 heavy (non-hydrogen) atoms. The van der Waals surface area contributed by atoms with E-state index in [0.29, 0.717) is 12.0 Å². The Hall–Kier alpha value is -0.870. The van der Waals surface area contributed by atoms with Crippen LogP contribution in [0.5, 0.6) is 0 Å². The molecular formula is C13H23N3O. The van der Waals surface area contributed by atoms with Gasteiger partial charge in [0.05, 0.1) is 12.8 Å². The molecule has 0 bridgehead atoms. The predicted molar refractivity (Wildman–Crippen MR) is 67.9 cm³/mol. The van der Waals surface area contributed by atoms with E-state index in [1.807, 2.05) is 10.9 Å². The lowest BCUT2D eigenvalue weighted by Crippen LogP contribution is -2.33. The van der Waals surface area contributed by atoms with E-state index in [9.17, 15) is 0 Å². The number of hydrogen-bond donors (Lipinski definition) is 1. The molecular weight excluding hydrogens is 214 g/mol. The Morgan fingerprint density at radius 1 is 1.59 bits per heavy atom. The second-order valence-electron chi connectivity index (χ2n) is 4.64.